The quantitative estimate of drug-likeness (QED) is 0.533. The van der Waals surface area contributed by atoms with E-state index in [0.29, 0.717) is 0 Å². The number of nitrogens with two attached hydrogens (primary N) is 1. The van der Waals surface area contributed by atoms with E-state index < -0.39 is 37.4 Å². The summed E-state index contributed by atoms with van der Waals surface area (Å²) in [7, 11) is -1.84. The number of nitrogens with one attached hydrogen (secondary N) is 1. The molecule has 1 amide bonds. The Bertz CT molecular complexity index is 1070. The first-order valence-corrected chi connectivity index (χ1v) is 9.89. The zero-order chi connectivity index (χ0) is 20.4. The van der Waals surface area contributed by atoms with E-state index in [1.165, 1.54) is 15.8 Å². The third-order valence-corrected chi connectivity index (χ3v) is 6.21. The van der Waals surface area contributed by atoms with Gasteiger partial charge in [0.05, 0.1) is 6.33 Å². The van der Waals surface area contributed by atoms with Crippen LogP contribution < -0.4 is 11.3 Å². The molecule has 0 aromatic carbocycles. The van der Waals surface area contributed by atoms with Crippen molar-refractivity contribution in [2.45, 2.75) is 37.3 Å². The van der Waals surface area contributed by atoms with Gasteiger partial charge in [0, 0.05) is 14.2 Å². The van der Waals surface area contributed by atoms with Crippen LogP contribution in [0, 0.1) is 0 Å². The maximum atomic E-state index is 12.8. The third kappa shape index (κ3) is 2.44. The van der Waals surface area contributed by atoms with E-state index >= 15 is 0 Å². The van der Waals surface area contributed by atoms with Crippen molar-refractivity contribution in [1.29, 1.82) is 0 Å². The molecule has 14 heteroatoms. The number of likely N-dealkylation sites (N-methyl/N-ethyl adjacent to an activating group) is 1. The zero-order valence-corrected chi connectivity index (χ0v) is 16.1. The largest absolute Gasteiger partial charge is 0.472 e. The van der Waals surface area contributed by atoms with Gasteiger partial charge in [-0.2, -0.15) is 4.98 Å². The van der Waals surface area contributed by atoms with Gasteiger partial charge >= 0.3 is 7.82 Å². The number of aromatic amines is 1. The number of phosphoric acid groups is 1. The summed E-state index contributed by atoms with van der Waals surface area (Å²) in [6, 6.07) is -0.789. The van der Waals surface area contributed by atoms with Crippen LogP contribution in [0.4, 0.5) is 5.95 Å². The van der Waals surface area contributed by atoms with Crippen molar-refractivity contribution >= 4 is 30.8 Å². The molecule has 4 N–H and O–H groups in total. The number of morpholine rings is 1. The average Bonchev–Trinajstić information content (AvgIpc) is 3.24. The first kappa shape index (κ1) is 19.0. The predicted octanol–water partition coefficient (Wildman–Crippen LogP) is -0.648. The lowest BCUT2D eigenvalue weighted by Crippen LogP contribution is -2.49. The van der Waals surface area contributed by atoms with Crippen molar-refractivity contribution in [1.82, 2.24) is 24.4 Å². The van der Waals surface area contributed by atoms with Gasteiger partial charge in [0.1, 0.15) is 12.1 Å². The Morgan fingerprint density at radius 1 is 1.50 bits per heavy atom. The molecule has 4 rings (SSSR count). The molecule has 0 aliphatic carbocycles. The molecule has 28 heavy (non-hydrogen) atoms. The smallest absolute Gasteiger partial charge is 0.369 e. The van der Waals surface area contributed by atoms with Crippen LogP contribution in [-0.4, -0.2) is 67.1 Å². The summed E-state index contributed by atoms with van der Waals surface area (Å²) in [6.07, 6.45) is -0.443. The van der Waals surface area contributed by atoms with Crippen LogP contribution >= 0.6 is 7.82 Å². The Morgan fingerprint density at radius 3 is 2.86 bits per heavy atom. The number of aromatic nitrogens is 4. The second-order valence-electron chi connectivity index (χ2n) is 6.61. The summed E-state index contributed by atoms with van der Waals surface area (Å²) in [5.41, 5.74) is 3.82. The predicted molar refractivity (Wildman–Crippen MR) is 94.0 cm³/mol. The highest BCUT2D eigenvalue weighted by atomic mass is 31.2. The van der Waals surface area contributed by atoms with Crippen LogP contribution in [0.5, 0.6) is 0 Å². The summed E-state index contributed by atoms with van der Waals surface area (Å²) < 4.78 is 29.4. The summed E-state index contributed by atoms with van der Waals surface area (Å²) in [5.74, 6) is -0.490. The lowest BCUT2D eigenvalue weighted by molar-refractivity contribution is -0.174. The van der Waals surface area contributed by atoms with Crippen molar-refractivity contribution in [3.63, 3.8) is 0 Å². The zero-order valence-electron chi connectivity index (χ0n) is 15.2. The van der Waals surface area contributed by atoms with E-state index in [4.69, 9.17) is 15.0 Å². The molecule has 3 unspecified atom stereocenters. The number of likely N-dealkylation sites (tertiary alicyclic amines) is 1. The molecule has 5 atom stereocenters. The summed E-state index contributed by atoms with van der Waals surface area (Å²) in [6.45, 7) is 1.70. The number of hydrogen-bond donors (Lipinski definition) is 3. The van der Waals surface area contributed by atoms with Crippen LogP contribution in [0.2, 0.25) is 0 Å². The standard InChI is InChI=1S/C14H19N6O7P/c1-4-14-8(27-28(23,24)25-3)7(19(2)12(14)22)11(26-14)20-5-16-6-9(20)17-13(15)18-10(6)21/h5,7-8,11H,4H2,1-3H3,(H,23,24)(H3,15,17,18,21)/t7?,8?,11-,14-/m1/s1. The molecule has 2 fully saturated rings. The Labute approximate surface area is 158 Å². The van der Waals surface area contributed by atoms with Gasteiger partial charge in [-0.1, -0.05) is 6.92 Å². The number of fused-ring (bicyclic) bond motifs is 3. The normalized spacial score (nSPS) is 31.6. The number of phosphoric ester groups is 1. The minimum Gasteiger partial charge on any atom is -0.369 e. The number of hydrogen-bond acceptors (Lipinski definition) is 9. The van der Waals surface area contributed by atoms with Gasteiger partial charge in [0.2, 0.25) is 5.95 Å². The number of H-pyrrole nitrogens is 1. The maximum Gasteiger partial charge on any atom is 0.472 e. The number of carbonyl (C=O) groups is 1. The fourth-order valence-corrected chi connectivity index (χ4v) is 4.57. The third-order valence-electron chi connectivity index (χ3n) is 5.25. The molecule has 2 aromatic heterocycles. The van der Waals surface area contributed by atoms with Gasteiger partial charge in [-0.3, -0.25) is 28.2 Å². The van der Waals surface area contributed by atoms with E-state index in [9.17, 15) is 19.0 Å². The summed E-state index contributed by atoms with van der Waals surface area (Å²) in [4.78, 5) is 46.5. The maximum absolute atomic E-state index is 12.8. The van der Waals surface area contributed by atoms with Crippen LogP contribution in [-0.2, 0) is 23.1 Å². The minimum atomic E-state index is -4.41. The molecule has 2 aliphatic rings. The van der Waals surface area contributed by atoms with Crippen molar-refractivity contribution in [3.8, 4) is 0 Å². The van der Waals surface area contributed by atoms with Gasteiger partial charge in [0.25, 0.3) is 11.5 Å². The SMILES string of the molecule is CC[C@@]12O[C@@H](n3cnc4c(=O)[nH]c(N)nc43)C(C1OP(=O)(O)OC)N(C)C2=O. The number of rotatable bonds is 5. The minimum absolute atomic E-state index is 0.0438. The number of amides is 1. The molecular weight excluding hydrogens is 395 g/mol. The van der Waals surface area contributed by atoms with Crippen molar-refractivity contribution < 1.29 is 28.0 Å². The van der Waals surface area contributed by atoms with Crippen molar-refractivity contribution in [2.24, 2.45) is 0 Å². The highest BCUT2D eigenvalue weighted by molar-refractivity contribution is 7.47. The second-order valence-corrected chi connectivity index (χ2v) is 8.12. The Hall–Kier alpha value is -2.31. The van der Waals surface area contributed by atoms with E-state index in [2.05, 4.69) is 19.5 Å². The summed E-state index contributed by atoms with van der Waals surface area (Å²) in [5, 5.41) is 0. The van der Waals surface area contributed by atoms with Crippen molar-refractivity contribution in [2.75, 3.05) is 19.9 Å². The van der Waals surface area contributed by atoms with Crippen LogP contribution in [0.1, 0.15) is 19.6 Å². The number of carbonyl (C=O) groups excluding carboxylic acids is 1. The van der Waals surface area contributed by atoms with Crippen LogP contribution in [0.15, 0.2) is 11.1 Å². The Morgan fingerprint density at radius 2 is 2.21 bits per heavy atom. The first-order valence-electron chi connectivity index (χ1n) is 8.39. The summed E-state index contributed by atoms with van der Waals surface area (Å²) >= 11 is 0. The van der Waals surface area contributed by atoms with E-state index in [1.807, 2.05) is 0 Å². The van der Waals surface area contributed by atoms with Gasteiger partial charge in [0.15, 0.2) is 23.0 Å². The molecule has 2 saturated heterocycles. The lowest BCUT2D eigenvalue weighted by atomic mass is 9.96. The molecule has 0 saturated carbocycles. The molecule has 2 aliphatic heterocycles. The molecule has 0 radical (unpaired) electrons. The fourth-order valence-electron chi connectivity index (χ4n) is 3.90. The van der Waals surface area contributed by atoms with Gasteiger partial charge in [-0.15, -0.1) is 0 Å². The number of nitrogens with zero attached hydrogens (tertiary/aromatic N) is 4. The van der Waals surface area contributed by atoms with Crippen LogP contribution in [0.25, 0.3) is 11.2 Å². The molecule has 4 heterocycles. The van der Waals surface area contributed by atoms with Gasteiger partial charge in [-0.05, 0) is 6.42 Å². The molecule has 152 valence electrons. The average molecular weight is 414 g/mol. The number of anilines is 1. The first-order chi connectivity index (χ1) is 13.1. The lowest BCUT2D eigenvalue weighted by Gasteiger charge is -2.34. The van der Waals surface area contributed by atoms with E-state index in [1.54, 1.807) is 14.0 Å². The molecule has 2 bridgehead atoms. The number of imidazole rings is 1. The Kier molecular flexibility index (Phi) is 4.14. The van der Waals surface area contributed by atoms with Gasteiger partial charge in [-0.25, -0.2) is 9.55 Å². The molecule has 2 aromatic rings. The van der Waals surface area contributed by atoms with Gasteiger partial charge < -0.3 is 20.3 Å². The highest BCUT2D eigenvalue weighted by Gasteiger charge is 2.70. The highest BCUT2D eigenvalue weighted by Crippen LogP contribution is 2.56. The molecular formula is C14H19N6O7P. The number of nitrogen functional groups attached to an aromatic ring is 1. The molecule has 0 spiro atoms. The van der Waals surface area contributed by atoms with E-state index in [-0.39, 0.29) is 29.4 Å². The number of ether oxygens (including phenoxy) is 1. The van der Waals surface area contributed by atoms with Crippen LogP contribution in [0.3, 0.4) is 0 Å². The topological polar surface area (TPSA) is 175 Å². The monoisotopic (exact) mass is 414 g/mol. The fraction of sp³-hybridized carbons (Fsp3) is 0.571. The van der Waals surface area contributed by atoms with E-state index in [0.717, 1.165) is 7.11 Å². The second kappa shape index (κ2) is 6.09. The van der Waals surface area contributed by atoms with Crippen molar-refractivity contribution in [3.05, 3.63) is 16.7 Å². The molecule has 13 nitrogen and oxygen atoms in total. The Balaban J connectivity index is 1.84.